The third kappa shape index (κ3) is 2.58. The molecule has 21 heavy (non-hydrogen) atoms. The fourth-order valence-electron chi connectivity index (χ4n) is 2.29. The Morgan fingerprint density at radius 3 is 2.67 bits per heavy atom. The maximum absolute atomic E-state index is 12.5. The summed E-state index contributed by atoms with van der Waals surface area (Å²) in [6.07, 6.45) is 5.36. The molecule has 1 N–H and O–H groups in total. The van der Waals surface area contributed by atoms with Gasteiger partial charge in [0.2, 0.25) is 0 Å². The van der Waals surface area contributed by atoms with Crippen molar-refractivity contribution < 1.29 is 4.79 Å². The number of nitrogens with zero attached hydrogens (tertiary/aromatic N) is 3. The van der Waals surface area contributed by atoms with E-state index in [1.807, 2.05) is 67.3 Å². The molecule has 0 aliphatic heterocycles. The van der Waals surface area contributed by atoms with Gasteiger partial charge in [0.05, 0.1) is 6.20 Å². The summed E-state index contributed by atoms with van der Waals surface area (Å²) in [4.78, 5) is 12.5. The lowest BCUT2D eigenvalue weighted by atomic mass is 10.2. The zero-order chi connectivity index (χ0) is 14.8. The van der Waals surface area contributed by atoms with E-state index in [1.165, 1.54) is 0 Å². The third-order valence-electron chi connectivity index (χ3n) is 3.28. The molecule has 0 saturated heterocycles. The van der Waals surface area contributed by atoms with Crippen LogP contribution in [0, 0.1) is 6.92 Å². The van der Waals surface area contributed by atoms with Crippen molar-refractivity contribution in [3.05, 3.63) is 66.1 Å². The van der Waals surface area contributed by atoms with Crippen molar-refractivity contribution >= 4 is 11.6 Å². The maximum atomic E-state index is 12.5. The van der Waals surface area contributed by atoms with Gasteiger partial charge in [-0.1, -0.05) is 12.1 Å². The van der Waals surface area contributed by atoms with E-state index >= 15 is 0 Å². The van der Waals surface area contributed by atoms with Gasteiger partial charge in [0.15, 0.2) is 0 Å². The second-order valence-corrected chi connectivity index (χ2v) is 4.92. The second kappa shape index (κ2) is 5.28. The first-order valence-electron chi connectivity index (χ1n) is 6.68. The highest BCUT2D eigenvalue weighted by atomic mass is 16.1. The first kappa shape index (κ1) is 13.2. The van der Waals surface area contributed by atoms with Crippen LogP contribution < -0.4 is 5.32 Å². The number of nitrogens with one attached hydrogen (secondary N) is 1. The summed E-state index contributed by atoms with van der Waals surface area (Å²) in [7, 11) is 1.82. The molecule has 106 valence electrons. The number of carbonyl (C=O) groups is 1. The molecule has 0 aliphatic carbocycles. The number of carbonyl (C=O) groups excluding carboxylic acids is 1. The highest BCUT2D eigenvalue weighted by Gasteiger charge is 2.17. The molecule has 0 spiro atoms. The van der Waals surface area contributed by atoms with Crippen LogP contribution in [0.3, 0.4) is 0 Å². The molecule has 0 bridgehead atoms. The monoisotopic (exact) mass is 280 g/mol. The number of rotatable bonds is 3. The highest BCUT2D eigenvalue weighted by molar-refractivity contribution is 6.06. The van der Waals surface area contributed by atoms with Crippen molar-refractivity contribution in [3.8, 4) is 5.82 Å². The summed E-state index contributed by atoms with van der Waals surface area (Å²) in [5.74, 6) is 0.572. The fourth-order valence-corrected chi connectivity index (χ4v) is 2.29. The molecule has 3 rings (SSSR count). The van der Waals surface area contributed by atoms with Crippen LogP contribution in [0.15, 0.2) is 55.0 Å². The molecular weight excluding hydrogens is 264 g/mol. The summed E-state index contributed by atoms with van der Waals surface area (Å²) < 4.78 is 3.56. The summed E-state index contributed by atoms with van der Waals surface area (Å²) in [5.41, 5.74) is 2.42. The van der Waals surface area contributed by atoms with E-state index in [1.54, 1.807) is 10.9 Å². The van der Waals surface area contributed by atoms with Crippen LogP contribution in [0.4, 0.5) is 5.69 Å². The first-order valence-corrected chi connectivity index (χ1v) is 6.68. The maximum Gasteiger partial charge on any atom is 0.261 e. The summed E-state index contributed by atoms with van der Waals surface area (Å²) in [5, 5.41) is 7.10. The number of anilines is 1. The van der Waals surface area contributed by atoms with Crippen LogP contribution >= 0.6 is 0 Å². The third-order valence-corrected chi connectivity index (χ3v) is 3.28. The normalized spacial score (nSPS) is 10.6. The number of amides is 1. The van der Waals surface area contributed by atoms with Gasteiger partial charge in [0.25, 0.3) is 5.91 Å². The van der Waals surface area contributed by atoms with Gasteiger partial charge in [0.1, 0.15) is 11.4 Å². The van der Waals surface area contributed by atoms with Gasteiger partial charge in [-0.05, 0) is 36.8 Å². The zero-order valence-corrected chi connectivity index (χ0v) is 11.9. The molecule has 3 aromatic rings. The van der Waals surface area contributed by atoms with E-state index in [4.69, 9.17) is 0 Å². The number of benzene rings is 1. The minimum Gasteiger partial charge on any atom is -0.322 e. The van der Waals surface area contributed by atoms with Gasteiger partial charge < -0.3 is 9.88 Å². The predicted octanol–water partition coefficient (Wildman–Crippen LogP) is 2.77. The van der Waals surface area contributed by atoms with Crippen molar-refractivity contribution in [2.24, 2.45) is 7.05 Å². The van der Waals surface area contributed by atoms with Crippen LogP contribution in [-0.4, -0.2) is 20.3 Å². The number of aryl methyl sites for hydroxylation is 2. The highest BCUT2D eigenvalue weighted by Crippen LogP contribution is 2.17. The van der Waals surface area contributed by atoms with Crippen molar-refractivity contribution in [3.63, 3.8) is 0 Å². The topological polar surface area (TPSA) is 51.9 Å². The summed E-state index contributed by atoms with van der Waals surface area (Å²) in [6.45, 7) is 1.99. The van der Waals surface area contributed by atoms with Gasteiger partial charge in [-0.25, -0.2) is 0 Å². The molecule has 0 fully saturated rings. The largest absolute Gasteiger partial charge is 0.322 e. The Bertz CT molecular complexity index is 771. The molecule has 5 nitrogen and oxygen atoms in total. The van der Waals surface area contributed by atoms with E-state index in [-0.39, 0.29) is 5.91 Å². The van der Waals surface area contributed by atoms with Gasteiger partial charge >= 0.3 is 0 Å². The second-order valence-electron chi connectivity index (χ2n) is 4.92. The number of aromatic nitrogens is 3. The van der Waals surface area contributed by atoms with Crippen LogP contribution in [0.5, 0.6) is 0 Å². The molecular formula is C16H16N4O. The van der Waals surface area contributed by atoms with E-state index in [2.05, 4.69) is 10.4 Å². The van der Waals surface area contributed by atoms with Crippen molar-refractivity contribution in [1.29, 1.82) is 0 Å². The average Bonchev–Trinajstić information content (AvgIpc) is 3.07. The Balaban J connectivity index is 1.92. The molecule has 1 aromatic carbocycles. The average molecular weight is 280 g/mol. The van der Waals surface area contributed by atoms with Crippen molar-refractivity contribution in [2.45, 2.75) is 6.92 Å². The smallest absolute Gasteiger partial charge is 0.261 e. The van der Waals surface area contributed by atoms with Crippen LogP contribution in [-0.2, 0) is 7.05 Å². The Morgan fingerprint density at radius 1 is 1.19 bits per heavy atom. The SMILES string of the molecule is Cc1cccc(NC(=O)c2cnn(C)c2-n2cccc2)c1. The molecule has 0 saturated carbocycles. The van der Waals surface area contributed by atoms with Crippen LogP contribution in [0.2, 0.25) is 0 Å². The fraction of sp³-hybridized carbons (Fsp3) is 0.125. The molecule has 1 amide bonds. The molecule has 0 atom stereocenters. The van der Waals surface area contributed by atoms with Gasteiger partial charge in [-0.2, -0.15) is 5.10 Å². The predicted molar refractivity (Wildman–Crippen MR) is 81.7 cm³/mol. The molecule has 0 aliphatic rings. The Kier molecular flexibility index (Phi) is 3.31. The Morgan fingerprint density at radius 2 is 1.95 bits per heavy atom. The van der Waals surface area contributed by atoms with Crippen LogP contribution in [0.1, 0.15) is 15.9 Å². The standard InChI is InChI=1S/C16H16N4O/c1-12-6-5-7-13(10-12)18-15(21)14-11-17-19(2)16(14)20-8-3-4-9-20/h3-11H,1-2H3,(H,18,21). The summed E-state index contributed by atoms with van der Waals surface area (Å²) >= 11 is 0. The lowest BCUT2D eigenvalue weighted by Crippen LogP contribution is -2.15. The minimum absolute atomic E-state index is 0.169. The van der Waals surface area contributed by atoms with Gasteiger partial charge in [0, 0.05) is 25.1 Å². The van der Waals surface area contributed by atoms with E-state index in [0.29, 0.717) is 5.56 Å². The summed E-state index contributed by atoms with van der Waals surface area (Å²) in [6, 6.07) is 11.5. The quantitative estimate of drug-likeness (QED) is 0.802. The van der Waals surface area contributed by atoms with Crippen molar-refractivity contribution in [1.82, 2.24) is 14.3 Å². The van der Waals surface area contributed by atoms with Crippen molar-refractivity contribution in [2.75, 3.05) is 5.32 Å². The Labute approximate surface area is 122 Å². The molecule has 2 aromatic heterocycles. The molecule has 0 radical (unpaired) electrons. The van der Waals surface area contributed by atoms with Gasteiger partial charge in [-0.15, -0.1) is 0 Å². The first-order chi connectivity index (χ1) is 10.1. The van der Waals surface area contributed by atoms with E-state index < -0.39 is 0 Å². The molecule has 2 heterocycles. The number of hydrogen-bond acceptors (Lipinski definition) is 2. The van der Waals surface area contributed by atoms with Gasteiger partial charge in [-0.3, -0.25) is 9.48 Å². The number of hydrogen-bond donors (Lipinski definition) is 1. The molecule has 0 unspecified atom stereocenters. The van der Waals surface area contributed by atoms with E-state index in [9.17, 15) is 4.79 Å². The lowest BCUT2D eigenvalue weighted by molar-refractivity contribution is 0.102. The lowest BCUT2D eigenvalue weighted by Gasteiger charge is -2.08. The van der Waals surface area contributed by atoms with Crippen LogP contribution in [0.25, 0.3) is 5.82 Å². The minimum atomic E-state index is -0.169. The zero-order valence-electron chi connectivity index (χ0n) is 11.9. The molecule has 5 heteroatoms. The van der Waals surface area contributed by atoms with E-state index in [0.717, 1.165) is 17.1 Å². The Hall–Kier alpha value is -2.82.